The average molecular weight is 569 g/mol. The zero-order chi connectivity index (χ0) is 21.6. The fraction of sp³-hybridized carbons (Fsp3) is 0.318. The number of nitrogens with one attached hydrogen (secondary N) is 1. The van der Waals surface area contributed by atoms with Gasteiger partial charge in [-0.1, -0.05) is 16.8 Å². The van der Waals surface area contributed by atoms with Crippen LogP contribution in [0.2, 0.25) is 5.02 Å². The van der Waals surface area contributed by atoms with Crippen LogP contribution < -0.4 is 15.0 Å². The maximum absolute atomic E-state index is 5.93. The van der Waals surface area contributed by atoms with Crippen molar-refractivity contribution in [3.8, 4) is 17.1 Å². The van der Waals surface area contributed by atoms with Crippen molar-refractivity contribution in [3.05, 3.63) is 59.4 Å². The van der Waals surface area contributed by atoms with Crippen molar-refractivity contribution in [3.63, 3.8) is 0 Å². The highest BCUT2D eigenvalue weighted by atomic mass is 127. The molecule has 170 valence electrons. The van der Waals surface area contributed by atoms with Gasteiger partial charge in [0.15, 0.2) is 5.96 Å². The number of hydrogen-bond donors (Lipinski definition) is 1. The second-order valence-electron chi connectivity index (χ2n) is 7.09. The molecule has 1 aliphatic heterocycles. The van der Waals surface area contributed by atoms with Crippen LogP contribution in [0.15, 0.2) is 58.0 Å². The fourth-order valence-corrected chi connectivity index (χ4v) is 3.63. The van der Waals surface area contributed by atoms with Gasteiger partial charge < -0.3 is 24.4 Å². The Morgan fingerprint density at radius 3 is 2.41 bits per heavy atom. The Hall–Kier alpha value is -2.53. The van der Waals surface area contributed by atoms with Crippen LogP contribution in [0.3, 0.4) is 0 Å². The Morgan fingerprint density at radius 2 is 1.78 bits per heavy atom. The highest BCUT2D eigenvalue weighted by molar-refractivity contribution is 14.0. The molecule has 1 N–H and O–H groups in total. The van der Waals surface area contributed by atoms with Gasteiger partial charge in [0.05, 0.1) is 13.7 Å². The molecule has 2 aromatic carbocycles. The molecule has 32 heavy (non-hydrogen) atoms. The molecule has 0 aliphatic carbocycles. The molecule has 0 amide bonds. The minimum atomic E-state index is 0. The summed E-state index contributed by atoms with van der Waals surface area (Å²) in [5.41, 5.74) is 2.06. The van der Waals surface area contributed by atoms with Crippen LogP contribution in [0, 0.1) is 0 Å². The Labute approximate surface area is 209 Å². The number of aromatic nitrogens is 2. The summed E-state index contributed by atoms with van der Waals surface area (Å²) in [6.45, 7) is 3.96. The average Bonchev–Trinajstić information content (AvgIpc) is 3.29. The van der Waals surface area contributed by atoms with Gasteiger partial charge in [-0.25, -0.2) is 0 Å². The van der Waals surface area contributed by atoms with Crippen LogP contribution in [0.4, 0.5) is 5.69 Å². The minimum absolute atomic E-state index is 0. The van der Waals surface area contributed by atoms with E-state index in [1.807, 2.05) is 24.3 Å². The molecule has 0 atom stereocenters. The number of anilines is 1. The van der Waals surface area contributed by atoms with E-state index >= 15 is 0 Å². The largest absolute Gasteiger partial charge is 0.497 e. The standard InChI is InChI=1S/C22H25ClN6O2.HI/c1-24-22(25-15-20-26-21(27-31-20)16-3-5-17(23)6-4-16)29-13-11-28(12-14-29)18-7-9-19(30-2)10-8-18;/h3-10H,11-15H2,1-2H3,(H,24,25);1H. The van der Waals surface area contributed by atoms with Crippen molar-refractivity contribution in [2.75, 3.05) is 45.2 Å². The lowest BCUT2D eigenvalue weighted by Crippen LogP contribution is -2.52. The number of ether oxygens (including phenoxy) is 1. The lowest BCUT2D eigenvalue weighted by atomic mass is 10.2. The van der Waals surface area contributed by atoms with Gasteiger partial charge in [-0.05, 0) is 48.5 Å². The lowest BCUT2D eigenvalue weighted by Gasteiger charge is -2.37. The third kappa shape index (κ3) is 5.83. The maximum Gasteiger partial charge on any atom is 0.246 e. The van der Waals surface area contributed by atoms with Crippen molar-refractivity contribution in [2.45, 2.75) is 6.54 Å². The highest BCUT2D eigenvalue weighted by Gasteiger charge is 2.20. The Kier molecular flexibility index (Phi) is 8.57. The van der Waals surface area contributed by atoms with E-state index in [4.69, 9.17) is 20.9 Å². The van der Waals surface area contributed by atoms with E-state index < -0.39 is 0 Å². The van der Waals surface area contributed by atoms with E-state index in [2.05, 4.69) is 42.4 Å². The van der Waals surface area contributed by atoms with Gasteiger partial charge in [-0.15, -0.1) is 24.0 Å². The van der Waals surface area contributed by atoms with Crippen molar-refractivity contribution >= 4 is 47.2 Å². The molecule has 1 aromatic heterocycles. The smallest absolute Gasteiger partial charge is 0.246 e. The molecule has 0 unspecified atom stereocenters. The van der Waals surface area contributed by atoms with Crippen LogP contribution in [-0.2, 0) is 6.54 Å². The van der Waals surface area contributed by atoms with Gasteiger partial charge in [0, 0.05) is 49.5 Å². The molecule has 3 aromatic rings. The summed E-state index contributed by atoms with van der Waals surface area (Å²) in [5.74, 6) is 2.73. The number of guanidine groups is 1. The lowest BCUT2D eigenvalue weighted by molar-refractivity contribution is 0.355. The number of hydrogen-bond acceptors (Lipinski definition) is 6. The topological polar surface area (TPSA) is 79.0 Å². The third-order valence-corrected chi connectivity index (χ3v) is 5.45. The minimum Gasteiger partial charge on any atom is -0.497 e. The maximum atomic E-state index is 5.93. The van der Waals surface area contributed by atoms with E-state index in [0.717, 1.165) is 43.5 Å². The third-order valence-electron chi connectivity index (χ3n) is 5.20. The van der Waals surface area contributed by atoms with Gasteiger partial charge in [0.1, 0.15) is 5.75 Å². The first-order valence-electron chi connectivity index (χ1n) is 10.1. The number of methoxy groups -OCH3 is 1. The van der Waals surface area contributed by atoms with Crippen molar-refractivity contribution in [2.24, 2.45) is 4.99 Å². The first-order chi connectivity index (χ1) is 15.2. The normalized spacial score (nSPS) is 14.2. The first kappa shape index (κ1) is 24.1. The second kappa shape index (κ2) is 11.4. The van der Waals surface area contributed by atoms with Gasteiger partial charge >= 0.3 is 0 Å². The Bertz CT molecular complexity index is 1020. The Balaban J connectivity index is 0.00000289. The van der Waals surface area contributed by atoms with Gasteiger partial charge in [-0.3, -0.25) is 4.99 Å². The summed E-state index contributed by atoms with van der Waals surface area (Å²) >= 11 is 5.93. The predicted molar refractivity (Wildman–Crippen MR) is 137 cm³/mol. The molecule has 0 saturated carbocycles. The number of piperazine rings is 1. The molecule has 1 fully saturated rings. The quantitative estimate of drug-likeness (QED) is 0.284. The van der Waals surface area contributed by atoms with Gasteiger partial charge in [-0.2, -0.15) is 4.98 Å². The summed E-state index contributed by atoms with van der Waals surface area (Å²) in [6, 6.07) is 15.5. The van der Waals surface area contributed by atoms with Crippen LogP contribution >= 0.6 is 35.6 Å². The second-order valence-corrected chi connectivity index (χ2v) is 7.53. The number of aliphatic imine (C=N–C) groups is 1. The van der Waals surface area contributed by atoms with Crippen LogP contribution in [0.5, 0.6) is 5.75 Å². The first-order valence-corrected chi connectivity index (χ1v) is 10.5. The molecule has 0 radical (unpaired) electrons. The van der Waals surface area contributed by atoms with E-state index in [0.29, 0.717) is 23.3 Å². The molecule has 4 rings (SSSR count). The summed E-state index contributed by atoms with van der Waals surface area (Å²) in [4.78, 5) is 13.5. The van der Waals surface area contributed by atoms with Crippen molar-refractivity contribution in [1.29, 1.82) is 0 Å². The molecule has 1 aliphatic rings. The zero-order valence-corrected chi connectivity index (χ0v) is 21.1. The van der Waals surface area contributed by atoms with E-state index in [1.54, 1.807) is 26.3 Å². The number of halogens is 2. The highest BCUT2D eigenvalue weighted by Crippen LogP contribution is 2.21. The van der Waals surface area contributed by atoms with Crippen molar-refractivity contribution < 1.29 is 9.26 Å². The van der Waals surface area contributed by atoms with Crippen LogP contribution in [0.25, 0.3) is 11.4 Å². The van der Waals surface area contributed by atoms with E-state index in [1.165, 1.54) is 5.69 Å². The fourth-order valence-electron chi connectivity index (χ4n) is 3.50. The molecule has 8 nitrogen and oxygen atoms in total. The van der Waals surface area contributed by atoms with E-state index in [9.17, 15) is 0 Å². The van der Waals surface area contributed by atoms with Crippen molar-refractivity contribution in [1.82, 2.24) is 20.4 Å². The van der Waals surface area contributed by atoms with Gasteiger partial charge in [0.25, 0.3) is 0 Å². The summed E-state index contributed by atoms with van der Waals surface area (Å²) in [6.07, 6.45) is 0. The molecule has 10 heteroatoms. The van der Waals surface area contributed by atoms with Crippen LogP contribution in [-0.4, -0.2) is 61.3 Å². The molecular weight excluding hydrogens is 543 g/mol. The zero-order valence-electron chi connectivity index (χ0n) is 18.0. The van der Waals surface area contributed by atoms with Crippen LogP contribution in [0.1, 0.15) is 5.89 Å². The van der Waals surface area contributed by atoms with Gasteiger partial charge in [0.2, 0.25) is 11.7 Å². The SMILES string of the molecule is CN=C(NCc1nc(-c2ccc(Cl)cc2)no1)N1CCN(c2ccc(OC)cc2)CC1.I. The van der Waals surface area contributed by atoms with E-state index in [-0.39, 0.29) is 24.0 Å². The molecule has 1 saturated heterocycles. The summed E-state index contributed by atoms with van der Waals surface area (Å²) in [7, 11) is 3.46. The number of benzene rings is 2. The number of rotatable bonds is 5. The predicted octanol–water partition coefficient (Wildman–Crippen LogP) is 3.91. The summed E-state index contributed by atoms with van der Waals surface area (Å²) < 4.78 is 10.6. The molecular formula is C22H26ClIN6O2. The monoisotopic (exact) mass is 568 g/mol. The molecule has 0 bridgehead atoms. The molecule has 2 heterocycles. The number of nitrogens with zero attached hydrogens (tertiary/aromatic N) is 5. The Morgan fingerprint density at radius 1 is 1.09 bits per heavy atom. The molecule has 0 spiro atoms. The summed E-state index contributed by atoms with van der Waals surface area (Å²) in [5, 5.41) is 8.04.